The minimum atomic E-state index is 0.225. The van der Waals surface area contributed by atoms with E-state index in [4.69, 9.17) is 22.1 Å². The number of nitrogens with one attached hydrogen (secondary N) is 1. The van der Waals surface area contributed by atoms with E-state index in [2.05, 4.69) is 54.4 Å². The van der Waals surface area contributed by atoms with Crippen LogP contribution in [0.25, 0.3) is 0 Å². The summed E-state index contributed by atoms with van der Waals surface area (Å²) in [7, 11) is 0. The molecule has 3 aromatic rings. The van der Waals surface area contributed by atoms with Crippen molar-refractivity contribution in [2.45, 2.75) is 33.0 Å². The smallest absolute Gasteiger partial charge is 0.122 e. The second kappa shape index (κ2) is 10.8. The molecular weight excluding hydrogens is 392 g/mol. The van der Waals surface area contributed by atoms with E-state index >= 15 is 0 Å². The molecule has 30 heavy (non-hydrogen) atoms. The van der Waals surface area contributed by atoms with Gasteiger partial charge in [0.15, 0.2) is 0 Å². The summed E-state index contributed by atoms with van der Waals surface area (Å²) in [5, 5.41) is 4.21. The summed E-state index contributed by atoms with van der Waals surface area (Å²) in [6.45, 7) is 6.13. The van der Waals surface area contributed by atoms with Crippen molar-refractivity contribution in [1.29, 1.82) is 0 Å². The minimum absolute atomic E-state index is 0.225. The third-order valence-electron chi connectivity index (χ3n) is 4.77. The molecule has 3 N–H and O–H groups in total. The lowest BCUT2D eigenvalue weighted by Crippen LogP contribution is -2.31. The van der Waals surface area contributed by atoms with Gasteiger partial charge >= 0.3 is 0 Å². The van der Waals surface area contributed by atoms with E-state index in [1.165, 1.54) is 5.56 Å². The van der Waals surface area contributed by atoms with Gasteiger partial charge < -0.3 is 15.8 Å². The van der Waals surface area contributed by atoms with Crippen molar-refractivity contribution in [1.82, 2.24) is 5.32 Å². The van der Waals surface area contributed by atoms with Crippen LogP contribution < -0.4 is 15.8 Å². The molecule has 0 saturated carbocycles. The highest BCUT2D eigenvalue weighted by Gasteiger charge is 2.06. The Balaban J connectivity index is 1.51. The summed E-state index contributed by atoms with van der Waals surface area (Å²) in [5.41, 5.74) is 11.0. The average Bonchev–Trinajstić information content (AvgIpc) is 2.77. The summed E-state index contributed by atoms with van der Waals surface area (Å²) in [6, 6.07) is 22.1. The maximum atomic E-state index is 6.01. The van der Waals surface area contributed by atoms with Gasteiger partial charge in [0.2, 0.25) is 0 Å². The summed E-state index contributed by atoms with van der Waals surface area (Å²) >= 11 is 5.91. The highest BCUT2D eigenvalue weighted by molar-refractivity contribution is 6.30. The molecule has 0 aliphatic rings. The largest absolute Gasteiger partial charge is 0.492 e. The highest BCUT2D eigenvalue weighted by Crippen LogP contribution is 2.19. The molecule has 154 valence electrons. The van der Waals surface area contributed by atoms with Gasteiger partial charge in [-0.2, -0.15) is 0 Å². The van der Waals surface area contributed by atoms with Crippen molar-refractivity contribution in [3.8, 4) is 17.6 Å². The van der Waals surface area contributed by atoms with E-state index in [-0.39, 0.29) is 6.04 Å². The Hall–Kier alpha value is -2.77. The molecule has 0 spiro atoms. The Morgan fingerprint density at radius 3 is 2.23 bits per heavy atom. The second-order valence-electron chi connectivity index (χ2n) is 7.35. The molecule has 1 unspecified atom stereocenters. The number of rotatable bonds is 7. The Bertz CT molecular complexity index is 1020. The van der Waals surface area contributed by atoms with Crippen LogP contribution in [-0.2, 0) is 13.1 Å². The fourth-order valence-corrected chi connectivity index (χ4v) is 3.05. The first-order chi connectivity index (χ1) is 14.5. The minimum Gasteiger partial charge on any atom is -0.492 e. The van der Waals surface area contributed by atoms with Gasteiger partial charge in [-0.1, -0.05) is 47.7 Å². The molecule has 1 atom stereocenters. The Morgan fingerprint density at radius 2 is 1.57 bits per heavy atom. The van der Waals surface area contributed by atoms with Crippen LogP contribution in [0.15, 0.2) is 66.7 Å². The van der Waals surface area contributed by atoms with E-state index in [1.54, 1.807) is 0 Å². The molecule has 0 aliphatic heterocycles. The van der Waals surface area contributed by atoms with Gasteiger partial charge in [-0.05, 0) is 73.0 Å². The second-order valence-corrected chi connectivity index (χ2v) is 7.79. The number of benzene rings is 3. The lowest BCUT2D eigenvalue weighted by atomic mass is 10.1. The first-order valence-corrected chi connectivity index (χ1v) is 10.4. The zero-order valence-electron chi connectivity index (χ0n) is 17.4. The van der Waals surface area contributed by atoms with E-state index in [0.29, 0.717) is 18.2 Å². The summed E-state index contributed by atoms with van der Waals surface area (Å²) in [6.07, 6.45) is 0. The van der Waals surface area contributed by atoms with Gasteiger partial charge in [-0.25, -0.2) is 0 Å². The van der Waals surface area contributed by atoms with Gasteiger partial charge in [-0.15, -0.1) is 0 Å². The maximum Gasteiger partial charge on any atom is 0.122 e. The molecule has 0 amide bonds. The van der Waals surface area contributed by atoms with Crippen molar-refractivity contribution < 1.29 is 4.74 Å². The SMILES string of the molecule is Cc1cc(C#Cc2ccc(Cl)cc2)ccc1OCC(C)NCc1ccc(CN)cc1. The van der Waals surface area contributed by atoms with Crippen molar-refractivity contribution in [2.75, 3.05) is 6.61 Å². The van der Waals surface area contributed by atoms with E-state index in [0.717, 1.165) is 34.5 Å². The predicted molar refractivity (Wildman–Crippen MR) is 125 cm³/mol. The Kier molecular flexibility index (Phi) is 7.93. The van der Waals surface area contributed by atoms with Gasteiger partial charge in [-0.3, -0.25) is 0 Å². The van der Waals surface area contributed by atoms with Crippen LogP contribution in [0.3, 0.4) is 0 Å². The van der Waals surface area contributed by atoms with E-state index < -0.39 is 0 Å². The molecule has 0 bridgehead atoms. The van der Waals surface area contributed by atoms with Crippen LogP contribution in [0, 0.1) is 18.8 Å². The van der Waals surface area contributed by atoms with Crippen molar-refractivity contribution >= 4 is 11.6 Å². The summed E-state index contributed by atoms with van der Waals surface area (Å²) < 4.78 is 6.01. The first-order valence-electron chi connectivity index (χ1n) is 10.1. The molecule has 3 nitrogen and oxygen atoms in total. The molecule has 0 fully saturated rings. The molecule has 4 heteroatoms. The molecule has 3 aromatic carbocycles. The van der Waals surface area contributed by atoms with E-state index in [1.807, 2.05) is 43.3 Å². The first kappa shape index (κ1) is 21.9. The third kappa shape index (κ3) is 6.64. The number of aryl methyl sites for hydroxylation is 1. The molecule has 3 rings (SSSR count). The van der Waals surface area contributed by atoms with Gasteiger partial charge in [0, 0.05) is 35.3 Å². The zero-order valence-corrected chi connectivity index (χ0v) is 18.2. The van der Waals surface area contributed by atoms with Crippen LogP contribution in [-0.4, -0.2) is 12.6 Å². The van der Waals surface area contributed by atoms with Gasteiger partial charge in [0.25, 0.3) is 0 Å². The normalized spacial score (nSPS) is 11.5. The van der Waals surface area contributed by atoms with E-state index in [9.17, 15) is 0 Å². The quantitative estimate of drug-likeness (QED) is 0.527. The maximum absolute atomic E-state index is 6.01. The number of nitrogens with two attached hydrogens (primary N) is 1. The van der Waals surface area contributed by atoms with Gasteiger partial charge in [0.1, 0.15) is 12.4 Å². The van der Waals surface area contributed by atoms with Crippen LogP contribution in [0.5, 0.6) is 5.75 Å². The molecule has 0 heterocycles. The predicted octanol–water partition coefficient (Wildman–Crippen LogP) is 5.06. The lowest BCUT2D eigenvalue weighted by Gasteiger charge is -2.16. The standard InChI is InChI=1S/C26H27ClN2O/c1-19-15-22(4-3-21-9-12-25(27)13-10-21)11-14-26(19)30-18-20(2)29-17-24-7-5-23(16-28)6-8-24/h5-15,20,29H,16-18,28H2,1-2H3. The molecular formula is C26H27ClN2O. The monoisotopic (exact) mass is 418 g/mol. The highest BCUT2D eigenvalue weighted by atomic mass is 35.5. The van der Waals surface area contributed by atoms with Crippen LogP contribution >= 0.6 is 11.6 Å². The zero-order chi connectivity index (χ0) is 21.3. The summed E-state index contributed by atoms with van der Waals surface area (Å²) in [4.78, 5) is 0. The number of ether oxygens (including phenoxy) is 1. The fourth-order valence-electron chi connectivity index (χ4n) is 2.93. The molecule has 0 aromatic heterocycles. The fraction of sp³-hybridized carbons (Fsp3) is 0.231. The Morgan fingerprint density at radius 1 is 0.933 bits per heavy atom. The number of halogens is 1. The van der Waals surface area contributed by atoms with Crippen LogP contribution in [0.1, 0.15) is 34.7 Å². The third-order valence-corrected chi connectivity index (χ3v) is 5.02. The van der Waals surface area contributed by atoms with Crippen molar-refractivity contribution in [2.24, 2.45) is 5.73 Å². The topological polar surface area (TPSA) is 47.3 Å². The van der Waals surface area contributed by atoms with Crippen LogP contribution in [0.4, 0.5) is 0 Å². The molecule has 0 aliphatic carbocycles. The van der Waals surface area contributed by atoms with Crippen molar-refractivity contribution in [3.63, 3.8) is 0 Å². The molecule has 0 radical (unpaired) electrons. The Labute approximate surface area is 184 Å². The van der Waals surface area contributed by atoms with Crippen molar-refractivity contribution in [3.05, 3.63) is 99.6 Å². The number of hydrogen-bond acceptors (Lipinski definition) is 3. The van der Waals surface area contributed by atoms with Gasteiger partial charge in [0.05, 0.1) is 0 Å². The number of hydrogen-bond donors (Lipinski definition) is 2. The lowest BCUT2D eigenvalue weighted by molar-refractivity contribution is 0.271. The average molecular weight is 419 g/mol. The van der Waals surface area contributed by atoms with Crippen LogP contribution in [0.2, 0.25) is 5.02 Å². The summed E-state index contributed by atoms with van der Waals surface area (Å²) in [5.74, 6) is 7.23. The molecule has 0 saturated heterocycles.